The number of esters is 2. The quantitative estimate of drug-likeness (QED) is 0.619. The first kappa shape index (κ1) is 21.1. The molecule has 6 unspecified atom stereocenters. The van der Waals surface area contributed by atoms with Gasteiger partial charge >= 0.3 is 11.9 Å². The number of hydrogen-bond donors (Lipinski definition) is 0. The van der Waals surface area contributed by atoms with E-state index in [1.807, 2.05) is 24.3 Å². The Balaban J connectivity index is 1.40. The van der Waals surface area contributed by atoms with E-state index in [0.717, 1.165) is 11.1 Å². The molecule has 0 N–H and O–H groups in total. The fraction of sp³-hybridized carbons (Fsp3) is 0.417. The summed E-state index contributed by atoms with van der Waals surface area (Å²) in [6.07, 6.45) is -3.03. The van der Waals surface area contributed by atoms with Gasteiger partial charge in [0.1, 0.15) is 0 Å². The first-order valence-corrected chi connectivity index (χ1v) is 10.9. The maximum Gasteiger partial charge on any atom is 0.304 e. The second-order valence-corrected chi connectivity index (χ2v) is 8.45. The topological polar surface area (TPSA) is 108 Å². The van der Waals surface area contributed by atoms with Crippen LogP contribution in [0.2, 0.25) is 0 Å². The molecule has 4 aliphatic rings. The first-order chi connectivity index (χ1) is 16.5. The predicted octanol–water partition coefficient (Wildman–Crippen LogP) is 3.00. The number of rotatable bonds is 4. The van der Waals surface area contributed by atoms with Gasteiger partial charge in [0.25, 0.3) is 0 Å². The highest BCUT2D eigenvalue weighted by Crippen LogP contribution is 2.57. The van der Waals surface area contributed by atoms with Crippen LogP contribution in [0.15, 0.2) is 36.4 Å². The predicted molar refractivity (Wildman–Crippen MR) is 111 cm³/mol. The second kappa shape index (κ2) is 8.07. The molecule has 10 nitrogen and oxygen atoms in total. The Morgan fingerprint density at radius 2 is 1.09 bits per heavy atom. The largest absolute Gasteiger partial charge is 0.454 e. The van der Waals surface area contributed by atoms with Gasteiger partial charge in [0.2, 0.25) is 26.2 Å². The lowest BCUT2D eigenvalue weighted by molar-refractivity contribution is -0.206. The van der Waals surface area contributed by atoms with Crippen LogP contribution in [0.4, 0.5) is 0 Å². The number of ether oxygens (including phenoxy) is 8. The van der Waals surface area contributed by atoms with E-state index in [2.05, 4.69) is 0 Å². The van der Waals surface area contributed by atoms with Crippen LogP contribution in [0.3, 0.4) is 0 Å². The summed E-state index contributed by atoms with van der Waals surface area (Å²) in [5.74, 6) is 0.547. The third-order valence-electron chi connectivity index (χ3n) is 6.35. The van der Waals surface area contributed by atoms with Crippen LogP contribution >= 0.6 is 0 Å². The van der Waals surface area contributed by atoms with E-state index in [1.165, 1.54) is 13.8 Å². The number of fused-ring (bicyclic) bond motifs is 3. The molecule has 2 fully saturated rings. The SMILES string of the molecule is CC(=O)OC1OC(c2ccc3c(c2)OCO3)C2C(OC(C)=O)OC(c3ccc4c(c3)OCO4)C12. The van der Waals surface area contributed by atoms with Crippen molar-refractivity contribution in [2.45, 2.75) is 38.6 Å². The first-order valence-electron chi connectivity index (χ1n) is 10.9. The molecule has 0 aromatic heterocycles. The summed E-state index contributed by atoms with van der Waals surface area (Å²) in [6.45, 7) is 2.91. The van der Waals surface area contributed by atoms with Crippen LogP contribution in [-0.4, -0.2) is 38.1 Å². The number of benzene rings is 2. The van der Waals surface area contributed by atoms with Crippen molar-refractivity contribution in [1.29, 1.82) is 0 Å². The van der Waals surface area contributed by atoms with E-state index in [0.29, 0.717) is 23.0 Å². The lowest BCUT2D eigenvalue weighted by Gasteiger charge is -2.24. The molecule has 2 saturated heterocycles. The monoisotopic (exact) mass is 470 g/mol. The summed E-state index contributed by atoms with van der Waals surface area (Å²) in [7, 11) is 0. The molecule has 0 bridgehead atoms. The number of carbonyl (C=O) groups is 2. The Hall–Kier alpha value is -3.50. The maximum atomic E-state index is 11.9. The molecule has 0 saturated carbocycles. The van der Waals surface area contributed by atoms with E-state index >= 15 is 0 Å². The van der Waals surface area contributed by atoms with Crippen molar-refractivity contribution in [2.75, 3.05) is 13.6 Å². The molecule has 6 rings (SSSR count). The fourth-order valence-electron chi connectivity index (χ4n) is 5.03. The normalized spacial score (nSPS) is 30.2. The summed E-state index contributed by atoms with van der Waals surface area (Å²) in [5, 5.41) is 0. The van der Waals surface area contributed by atoms with Gasteiger partial charge in [-0.15, -0.1) is 0 Å². The average Bonchev–Trinajstić information content (AvgIpc) is 3.57. The zero-order valence-electron chi connectivity index (χ0n) is 18.4. The summed E-state index contributed by atoms with van der Waals surface area (Å²) in [6, 6.07) is 10.9. The van der Waals surface area contributed by atoms with Crippen LogP contribution in [0.5, 0.6) is 23.0 Å². The molecule has 2 aromatic carbocycles. The van der Waals surface area contributed by atoms with Gasteiger partial charge in [0.05, 0.1) is 24.0 Å². The Kier molecular flexibility index (Phi) is 5.00. The van der Waals surface area contributed by atoms with E-state index < -0.39 is 48.6 Å². The van der Waals surface area contributed by atoms with Crippen LogP contribution in [0.1, 0.15) is 37.2 Å². The van der Waals surface area contributed by atoms with E-state index in [4.69, 9.17) is 37.9 Å². The van der Waals surface area contributed by atoms with Gasteiger partial charge in [-0.1, -0.05) is 12.1 Å². The van der Waals surface area contributed by atoms with Gasteiger partial charge in [-0.2, -0.15) is 0 Å². The highest BCUT2D eigenvalue weighted by molar-refractivity contribution is 5.66. The van der Waals surface area contributed by atoms with Gasteiger partial charge in [-0.3, -0.25) is 9.59 Å². The van der Waals surface area contributed by atoms with Crippen LogP contribution in [0.25, 0.3) is 0 Å². The molecule has 0 amide bonds. The summed E-state index contributed by atoms with van der Waals surface area (Å²) in [5.41, 5.74) is 1.53. The maximum absolute atomic E-state index is 11.9. The second-order valence-electron chi connectivity index (χ2n) is 8.45. The number of carbonyl (C=O) groups excluding carboxylic acids is 2. The van der Waals surface area contributed by atoms with Crippen LogP contribution < -0.4 is 18.9 Å². The molecule has 0 radical (unpaired) electrons. The summed E-state index contributed by atoms with van der Waals surface area (Å²) < 4.78 is 45.6. The van der Waals surface area contributed by atoms with E-state index in [-0.39, 0.29) is 13.6 Å². The molecule has 2 aromatic rings. The zero-order chi connectivity index (χ0) is 23.4. The minimum absolute atomic E-state index is 0.137. The van der Waals surface area contributed by atoms with Gasteiger partial charge in [-0.25, -0.2) is 0 Å². The third kappa shape index (κ3) is 3.50. The van der Waals surface area contributed by atoms with Crippen molar-refractivity contribution in [1.82, 2.24) is 0 Å². The Labute approximate surface area is 194 Å². The molecular formula is C24H22O10. The van der Waals surface area contributed by atoms with E-state index in [1.54, 1.807) is 12.1 Å². The highest BCUT2D eigenvalue weighted by atomic mass is 16.7. The lowest BCUT2D eigenvalue weighted by Crippen LogP contribution is -2.28. The highest BCUT2D eigenvalue weighted by Gasteiger charge is 2.61. The molecule has 34 heavy (non-hydrogen) atoms. The molecule has 0 aliphatic carbocycles. The Morgan fingerprint density at radius 1 is 0.676 bits per heavy atom. The smallest absolute Gasteiger partial charge is 0.304 e. The molecular weight excluding hydrogens is 448 g/mol. The van der Waals surface area contributed by atoms with Crippen LogP contribution in [-0.2, 0) is 28.5 Å². The minimum atomic E-state index is -0.922. The van der Waals surface area contributed by atoms with Crippen molar-refractivity contribution in [3.8, 4) is 23.0 Å². The van der Waals surface area contributed by atoms with Gasteiger partial charge in [-0.05, 0) is 35.4 Å². The van der Waals surface area contributed by atoms with E-state index in [9.17, 15) is 9.59 Å². The molecule has 4 aliphatic heterocycles. The van der Waals surface area contributed by atoms with Crippen molar-refractivity contribution in [2.24, 2.45) is 11.8 Å². The minimum Gasteiger partial charge on any atom is -0.454 e. The Bertz CT molecular complexity index is 1060. The molecule has 178 valence electrons. The average molecular weight is 470 g/mol. The molecule has 4 heterocycles. The number of hydrogen-bond acceptors (Lipinski definition) is 10. The summed E-state index contributed by atoms with van der Waals surface area (Å²) in [4.78, 5) is 23.9. The van der Waals surface area contributed by atoms with Gasteiger partial charge in [0, 0.05) is 13.8 Å². The lowest BCUT2D eigenvalue weighted by atomic mass is 9.83. The van der Waals surface area contributed by atoms with Crippen molar-refractivity contribution < 1.29 is 47.5 Å². The Morgan fingerprint density at radius 3 is 1.50 bits per heavy atom. The molecule has 6 atom stereocenters. The third-order valence-corrected chi connectivity index (χ3v) is 6.35. The fourth-order valence-corrected chi connectivity index (χ4v) is 5.03. The van der Waals surface area contributed by atoms with Crippen LogP contribution in [0, 0.1) is 11.8 Å². The van der Waals surface area contributed by atoms with Crippen molar-refractivity contribution in [3.05, 3.63) is 47.5 Å². The van der Waals surface area contributed by atoms with Gasteiger partial charge < -0.3 is 37.9 Å². The molecule has 0 spiro atoms. The zero-order valence-corrected chi connectivity index (χ0v) is 18.4. The van der Waals surface area contributed by atoms with Crippen molar-refractivity contribution in [3.63, 3.8) is 0 Å². The van der Waals surface area contributed by atoms with Gasteiger partial charge in [0.15, 0.2) is 23.0 Å². The summed E-state index contributed by atoms with van der Waals surface area (Å²) >= 11 is 0. The molecule has 10 heteroatoms. The standard InChI is InChI=1S/C24H22O10/c1-11(25)31-23-19-20(22(33-23)14-4-6-16-18(8-14)30-10-28-16)24(32-12(2)26)34-21(19)13-3-5-15-17(7-13)29-9-27-15/h3-8,19-24H,9-10H2,1-2H3. The van der Waals surface area contributed by atoms with Crippen molar-refractivity contribution >= 4 is 11.9 Å².